The van der Waals surface area contributed by atoms with Crippen molar-refractivity contribution in [1.29, 1.82) is 0 Å². The maximum absolute atomic E-state index is 13.7. The van der Waals surface area contributed by atoms with E-state index in [1.54, 1.807) is 26.0 Å². The predicted octanol–water partition coefficient (Wildman–Crippen LogP) is 2.31. The number of nitrogens with one attached hydrogen (secondary N) is 2. The molecule has 7 N–H and O–H groups in total. The number of methoxy groups -OCH3 is 2. The Labute approximate surface area is 275 Å². The molecule has 0 saturated heterocycles. The minimum Gasteiger partial charge on any atom is -0.439 e. The molecule has 0 aromatic carbocycles. The molecule has 2 bridgehead atoms. The first-order valence-corrected chi connectivity index (χ1v) is 17.2. The van der Waals surface area contributed by atoms with Crippen molar-refractivity contribution in [3.63, 3.8) is 0 Å². The molecular formula is C32H48N3O11P. The summed E-state index contributed by atoms with van der Waals surface area (Å²) in [6.45, 7) is 7.01. The van der Waals surface area contributed by atoms with Gasteiger partial charge in [0, 0.05) is 50.1 Å². The summed E-state index contributed by atoms with van der Waals surface area (Å²) in [4.78, 5) is 70.1. The molecule has 0 saturated carbocycles. The lowest BCUT2D eigenvalue weighted by Crippen LogP contribution is -2.38. The molecule has 2 rings (SSSR count). The number of rotatable bonds is 9. The second-order valence-corrected chi connectivity index (χ2v) is 13.7. The SMILES string of the molecule is CO[C@H]1/C=C/C=C(/C)C(=O)NC2=CC(=O)C(NCCCCP(=O)(O)O)=C(C[C@@H](C)C[C@H](OC)[C@H](O)[C@@H](C)/C=C(\C)[C@@H]1OC(N)=O)C2=O. The molecule has 2 aliphatic rings. The van der Waals surface area contributed by atoms with Gasteiger partial charge in [0.1, 0.15) is 6.10 Å². The number of fused-ring (bicyclic) bond motifs is 2. The molecule has 0 fully saturated rings. The number of allylic oxidation sites excluding steroid dienone is 4. The van der Waals surface area contributed by atoms with Crippen LogP contribution >= 0.6 is 7.60 Å². The maximum Gasteiger partial charge on any atom is 0.405 e. The van der Waals surface area contributed by atoms with Crippen LogP contribution in [0.15, 0.2) is 58.5 Å². The largest absolute Gasteiger partial charge is 0.439 e. The Balaban J connectivity index is 2.54. The quantitative estimate of drug-likeness (QED) is 0.0893. The number of amides is 2. The van der Waals surface area contributed by atoms with Crippen LogP contribution in [-0.4, -0.2) is 89.8 Å². The zero-order chi connectivity index (χ0) is 35.5. The van der Waals surface area contributed by atoms with Crippen LogP contribution in [-0.2, 0) is 33.2 Å². The molecule has 14 nitrogen and oxygen atoms in total. The Kier molecular flexibility index (Phi) is 15.4. The number of hydrogen-bond donors (Lipinski definition) is 6. The Bertz CT molecular complexity index is 1380. The van der Waals surface area contributed by atoms with Crippen molar-refractivity contribution in [2.24, 2.45) is 17.6 Å². The summed E-state index contributed by atoms with van der Waals surface area (Å²) in [7, 11) is -1.30. The van der Waals surface area contributed by atoms with Crippen LogP contribution in [0.2, 0.25) is 0 Å². The second-order valence-electron chi connectivity index (χ2n) is 12.0. The lowest BCUT2D eigenvalue weighted by molar-refractivity contribution is -0.120. The van der Waals surface area contributed by atoms with Crippen LogP contribution in [0.3, 0.4) is 0 Å². The van der Waals surface area contributed by atoms with E-state index in [0.29, 0.717) is 12.0 Å². The second kappa shape index (κ2) is 18.2. The van der Waals surface area contributed by atoms with Gasteiger partial charge in [0.15, 0.2) is 6.10 Å². The fourth-order valence-electron chi connectivity index (χ4n) is 5.43. The summed E-state index contributed by atoms with van der Waals surface area (Å²) in [5, 5.41) is 16.8. The Morgan fingerprint density at radius 1 is 1.13 bits per heavy atom. The van der Waals surface area contributed by atoms with Gasteiger partial charge in [-0.15, -0.1) is 0 Å². The van der Waals surface area contributed by atoms with Crippen molar-refractivity contribution in [3.8, 4) is 0 Å². The lowest BCUT2D eigenvalue weighted by atomic mass is 9.85. The molecule has 262 valence electrons. The van der Waals surface area contributed by atoms with E-state index in [1.807, 2.05) is 6.92 Å². The molecule has 47 heavy (non-hydrogen) atoms. The van der Waals surface area contributed by atoms with Crippen molar-refractivity contribution in [1.82, 2.24) is 10.6 Å². The Hall–Kier alpha value is -3.39. The van der Waals surface area contributed by atoms with Crippen LogP contribution in [0.1, 0.15) is 53.4 Å². The van der Waals surface area contributed by atoms with Crippen LogP contribution in [0.25, 0.3) is 0 Å². The van der Waals surface area contributed by atoms with E-state index in [-0.39, 0.29) is 60.4 Å². The predicted molar refractivity (Wildman–Crippen MR) is 174 cm³/mol. The van der Waals surface area contributed by atoms with E-state index in [4.69, 9.17) is 29.7 Å². The van der Waals surface area contributed by atoms with Crippen molar-refractivity contribution >= 4 is 31.2 Å². The standard InChI is InChI=1S/C32H48N3O11P/c1-18-14-22-27(34-12-7-8-13-47(41,42)43)24(36)17-23(29(22)38)35-31(39)19(2)10-9-11-25(44-5)30(46-32(33)40)21(4)16-20(3)28(37)26(15-18)45-6/h9-11,16-18,20,25-26,28,30,34,37H,7-8,12-15H2,1-6H3,(H2,33,40)(H,35,39)(H2,41,42,43)/b11-9+,19-10-,21-16+/t18-,20+,25+,26+,28-,30+/m1/s1. The fraction of sp³-hybridized carbons (Fsp3) is 0.562. The molecule has 15 heteroatoms. The number of ketones is 2. The van der Waals surface area contributed by atoms with Gasteiger partial charge in [-0.05, 0) is 51.0 Å². The number of carbonyl (C=O) groups is 4. The summed E-state index contributed by atoms with van der Waals surface area (Å²) >= 11 is 0. The van der Waals surface area contributed by atoms with Gasteiger partial charge in [0.25, 0.3) is 5.91 Å². The zero-order valence-corrected chi connectivity index (χ0v) is 28.6. The fourth-order valence-corrected chi connectivity index (χ4v) is 6.07. The molecule has 1 aliphatic heterocycles. The lowest BCUT2D eigenvalue weighted by Gasteiger charge is -2.30. The van der Waals surface area contributed by atoms with E-state index in [1.165, 1.54) is 33.3 Å². The van der Waals surface area contributed by atoms with E-state index in [9.17, 15) is 28.8 Å². The number of hydrogen-bond acceptors (Lipinski definition) is 10. The highest BCUT2D eigenvalue weighted by molar-refractivity contribution is 7.51. The zero-order valence-electron chi connectivity index (χ0n) is 27.7. The Morgan fingerprint density at radius 3 is 2.40 bits per heavy atom. The number of aliphatic hydroxyl groups excluding tert-OH is 1. The molecule has 2 amide bonds. The summed E-state index contributed by atoms with van der Waals surface area (Å²) in [6, 6.07) is 0. The maximum atomic E-state index is 13.7. The number of nitrogens with two attached hydrogens (primary N) is 1. The highest BCUT2D eigenvalue weighted by Crippen LogP contribution is 2.35. The van der Waals surface area contributed by atoms with Gasteiger partial charge in [-0.1, -0.05) is 38.2 Å². The number of unbranched alkanes of at least 4 members (excludes halogenated alkanes) is 1. The van der Waals surface area contributed by atoms with E-state index < -0.39 is 61.5 Å². The third-order valence-corrected chi connectivity index (χ3v) is 8.87. The highest BCUT2D eigenvalue weighted by atomic mass is 31.2. The van der Waals surface area contributed by atoms with Crippen molar-refractivity contribution < 1.29 is 52.8 Å². The third-order valence-electron chi connectivity index (χ3n) is 7.97. The van der Waals surface area contributed by atoms with E-state index in [2.05, 4.69) is 10.6 Å². The van der Waals surface area contributed by atoms with Gasteiger partial charge in [0.05, 0.1) is 23.6 Å². The minimum atomic E-state index is -4.17. The summed E-state index contributed by atoms with van der Waals surface area (Å²) in [5.41, 5.74) is 6.07. The molecular weight excluding hydrogens is 633 g/mol. The van der Waals surface area contributed by atoms with Gasteiger partial charge in [-0.3, -0.25) is 18.9 Å². The number of Topliss-reactive ketones (excluding diaryl/α,β-unsaturated/α-hetero) is 1. The number of aliphatic hydroxyl groups is 1. The summed E-state index contributed by atoms with van der Waals surface area (Å²) in [5.74, 6) is -2.51. The van der Waals surface area contributed by atoms with Crippen molar-refractivity contribution in [2.45, 2.75) is 77.8 Å². The molecule has 6 atom stereocenters. The van der Waals surface area contributed by atoms with Crippen LogP contribution in [0.5, 0.6) is 0 Å². The van der Waals surface area contributed by atoms with Crippen molar-refractivity contribution in [2.75, 3.05) is 26.9 Å². The molecule has 0 radical (unpaired) electrons. The molecule has 0 unspecified atom stereocenters. The molecule has 1 heterocycles. The molecule has 0 spiro atoms. The van der Waals surface area contributed by atoms with Gasteiger partial charge in [-0.25, -0.2) is 4.79 Å². The average molecular weight is 682 g/mol. The monoisotopic (exact) mass is 681 g/mol. The summed E-state index contributed by atoms with van der Waals surface area (Å²) < 4.78 is 27.7. The van der Waals surface area contributed by atoms with Gasteiger partial charge >= 0.3 is 13.7 Å². The summed E-state index contributed by atoms with van der Waals surface area (Å²) in [6.07, 6.45) is 3.43. The first-order valence-electron chi connectivity index (χ1n) is 15.4. The first-order chi connectivity index (χ1) is 22.0. The topological polar surface area (TPSA) is 224 Å². The third kappa shape index (κ3) is 12.3. The number of ether oxygens (including phenoxy) is 3. The van der Waals surface area contributed by atoms with Crippen molar-refractivity contribution in [3.05, 3.63) is 58.5 Å². The van der Waals surface area contributed by atoms with Crippen LogP contribution in [0, 0.1) is 11.8 Å². The smallest absolute Gasteiger partial charge is 0.405 e. The Morgan fingerprint density at radius 2 is 1.81 bits per heavy atom. The average Bonchev–Trinajstić information content (AvgIpc) is 2.98. The first kappa shape index (κ1) is 39.8. The van der Waals surface area contributed by atoms with Crippen LogP contribution in [0.4, 0.5) is 4.79 Å². The van der Waals surface area contributed by atoms with E-state index in [0.717, 1.165) is 6.08 Å². The molecule has 1 aliphatic carbocycles. The van der Waals surface area contributed by atoms with Crippen LogP contribution < -0.4 is 16.4 Å². The number of carbonyl (C=O) groups excluding carboxylic acids is 4. The molecule has 0 aromatic heterocycles. The highest BCUT2D eigenvalue weighted by Gasteiger charge is 2.33. The van der Waals surface area contributed by atoms with Gasteiger partial charge in [0.2, 0.25) is 11.6 Å². The number of primary amides is 1. The normalized spacial score (nSPS) is 30.0. The van der Waals surface area contributed by atoms with Gasteiger partial charge < -0.3 is 45.5 Å². The molecule has 0 aromatic rings. The minimum absolute atomic E-state index is 0.0460. The van der Waals surface area contributed by atoms with Gasteiger partial charge in [-0.2, -0.15) is 0 Å². The van der Waals surface area contributed by atoms with E-state index >= 15 is 0 Å².